The predicted octanol–water partition coefficient (Wildman–Crippen LogP) is 7.11. The van der Waals surface area contributed by atoms with Crippen LogP contribution in [0.3, 0.4) is 0 Å². The molecule has 3 aromatic rings. The average molecular weight is 669 g/mol. The Hall–Kier alpha value is -3.56. The van der Waals surface area contributed by atoms with Gasteiger partial charge in [-0.1, -0.05) is 94.4 Å². The Morgan fingerprint density at radius 1 is 0.959 bits per heavy atom. The molecule has 3 aromatic carbocycles. The van der Waals surface area contributed by atoms with Crippen LogP contribution in [0.5, 0.6) is 0 Å². The number of ether oxygens (including phenoxy) is 3. The van der Waals surface area contributed by atoms with Crippen LogP contribution < -0.4 is 5.32 Å². The number of nitrogens with one attached hydrogen (secondary N) is 1. The van der Waals surface area contributed by atoms with Gasteiger partial charge in [-0.3, -0.25) is 14.5 Å². The van der Waals surface area contributed by atoms with Gasteiger partial charge < -0.3 is 24.6 Å². The normalized spacial score (nSPS) is 28.5. The van der Waals surface area contributed by atoms with E-state index in [-0.39, 0.29) is 30.6 Å². The van der Waals surface area contributed by atoms with Gasteiger partial charge >= 0.3 is 5.97 Å². The highest BCUT2D eigenvalue weighted by Gasteiger charge is 2.51. The zero-order chi connectivity index (χ0) is 34.9. The van der Waals surface area contributed by atoms with Crippen LogP contribution in [-0.4, -0.2) is 53.2 Å². The number of benzene rings is 3. The number of carbonyl (C=O) groups is 2. The van der Waals surface area contributed by atoms with Gasteiger partial charge in [-0.25, -0.2) is 0 Å². The molecule has 2 heterocycles. The van der Waals surface area contributed by atoms with Gasteiger partial charge in [0.15, 0.2) is 12.4 Å². The lowest BCUT2D eigenvalue weighted by Crippen LogP contribution is -2.46. The maximum atomic E-state index is 12.3. The van der Waals surface area contributed by atoms with Crippen molar-refractivity contribution in [2.75, 3.05) is 13.1 Å². The molecule has 2 aliphatic heterocycles. The summed E-state index contributed by atoms with van der Waals surface area (Å²) in [5, 5.41) is 12.5. The van der Waals surface area contributed by atoms with E-state index in [1.165, 1.54) is 26.2 Å². The summed E-state index contributed by atoms with van der Waals surface area (Å²) in [4.78, 5) is 26.2. The summed E-state index contributed by atoms with van der Waals surface area (Å²) >= 11 is 0. The van der Waals surface area contributed by atoms with E-state index in [4.69, 9.17) is 14.2 Å². The topological polar surface area (TPSA) is 97.3 Å². The van der Waals surface area contributed by atoms with E-state index < -0.39 is 18.4 Å². The van der Waals surface area contributed by atoms with Gasteiger partial charge in [0.2, 0.25) is 0 Å². The van der Waals surface area contributed by atoms with Gasteiger partial charge in [0, 0.05) is 44.1 Å². The summed E-state index contributed by atoms with van der Waals surface area (Å²) in [6, 6.07) is 25.1. The summed E-state index contributed by atoms with van der Waals surface area (Å²) in [6.07, 6.45) is 2.21. The van der Waals surface area contributed by atoms with Gasteiger partial charge in [0.1, 0.15) is 0 Å². The molecule has 3 aliphatic rings. The second-order valence-corrected chi connectivity index (χ2v) is 15.8. The van der Waals surface area contributed by atoms with Crippen LogP contribution in [0.1, 0.15) is 95.5 Å². The SMILES string of the molecule is CC(=O)O[C@@H](C)C(=O)NCc1cccc(-c2ccc([C@@H]3O[C@H](CN4CC5(C)CC4CC(C)(C)C5)[C@H](C)[C@H](c4ccc(CO)cc4)O3)cc2)c1. The van der Waals surface area contributed by atoms with Crippen molar-refractivity contribution in [3.05, 3.63) is 95.1 Å². The van der Waals surface area contributed by atoms with Crippen LogP contribution in [0.25, 0.3) is 11.1 Å². The van der Waals surface area contributed by atoms with Crippen LogP contribution in [0.2, 0.25) is 0 Å². The number of rotatable bonds is 10. The summed E-state index contributed by atoms with van der Waals surface area (Å²) in [6.45, 7) is 14.7. The average Bonchev–Trinajstić information content (AvgIpc) is 3.31. The van der Waals surface area contributed by atoms with Crippen molar-refractivity contribution in [2.24, 2.45) is 16.7 Å². The second kappa shape index (κ2) is 14.4. The molecule has 49 heavy (non-hydrogen) atoms. The lowest BCUT2D eigenvalue weighted by Gasteiger charge is -2.43. The Balaban J connectivity index is 1.19. The third-order valence-corrected chi connectivity index (χ3v) is 10.7. The minimum Gasteiger partial charge on any atom is -0.453 e. The number of nitrogens with zero attached hydrogens (tertiary/aromatic N) is 1. The molecule has 2 N–H and O–H groups in total. The molecule has 262 valence electrons. The van der Waals surface area contributed by atoms with E-state index in [1.54, 1.807) is 6.92 Å². The van der Waals surface area contributed by atoms with Crippen molar-refractivity contribution in [1.82, 2.24) is 10.2 Å². The van der Waals surface area contributed by atoms with Crippen molar-refractivity contribution >= 4 is 11.9 Å². The number of amides is 1. The molecule has 2 bridgehead atoms. The fourth-order valence-electron chi connectivity index (χ4n) is 8.68. The summed E-state index contributed by atoms with van der Waals surface area (Å²) in [5.74, 6) is -0.683. The summed E-state index contributed by atoms with van der Waals surface area (Å²) < 4.78 is 18.6. The zero-order valence-corrected chi connectivity index (χ0v) is 29.8. The first-order valence-electron chi connectivity index (χ1n) is 17.7. The molecule has 1 saturated carbocycles. The number of esters is 1. The third-order valence-electron chi connectivity index (χ3n) is 10.7. The van der Waals surface area contributed by atoms with Gasteiger partial charge in [0.25, 0.3) is 5.91 Å². The monoisotopic (exact) mass is 668 g/mol. The lowest BCUT2D eigenvalue weighted by molar-refractivity contribution is -0.276. The minimum atomic E-state index is -0.843. The van der Waals surface area contributed by atoms with Gasteiger partial charge in [-0.15, -0.1) is 0 Å². The third kappa shape index (κ3) is 8.26. The quantitative estimate of drug-likeness (QED) is 0.223. The van der Waals surface area contributed by atoms with Crippen molar-refractivity contribution in [2.45, 2.75) is 105 Å². The smallest absolute Gasteiger partial charge is 0.303 e. The summed E-state index contributed by atoms with van der Waals surface area (Å²) in [5.41, 5.74) is 6.67. The van der Waals surface area contributed by atoms with Crippen LogP contribution in [0, 0.1) is 16.7 Å². The first-order valence-corrected chi connectivity index (χ1v) is 17.7. The van der Waals surface area contributed by atoms with Crippen LogP contribution >= 0.6 is 0 Å². The van der Waals surface area contributed by atoms with E-state index >= 15 is 0 Å². The molecular formula is C41H52N2O6. The Morgan fingerprint density at radius 3 is 2.37 bits per heavy atom. The molecule has 7 atom stereocenters. The molecule has 8 heteroatoms. The fraction of sp³-hybridized carbons (Fsp3) is 0.512. The highest BCUT2D eigenvalue weighted by Crippen LogP contribution is 2.53. The molecule has 1 aliphatic carbocycles. The second-order valence-electron chi connectivity index (χ2n) is 15.8. The standard InChI is InChI=1S/C41H52N2O6/c1-26-36(22-43-25-41(6)20-35(43)19-40(4,5)24-41)48-39(49-37(26)32-12-10-29(23-44)11-13-32)33-16-14-31(15-17-33)34-9-7-8-30(18-34)21-42-38(46)27(2)47-28(3)45/h7-18,26-27,35-37,39,44H,19-25H2,1-6H3,(H,42,46)/t26-,27-,35?,36+,37+,39+,41?/m0/s1. The van der Waals surface area contributed by atoms with Crippen LogP contribution in [-0.2, 0) is 37.0 Å². The van der Waals surface area contributed by atoms with E-state index in [0.717, 1.165) is 46.5 Å². The number of hydrogen-bond donors (Lipinski definition) is 2. The van der Waals surface area contributed by atoms with Crippen molar-refractivity contribution in [3.63, 3.8) is 0 Å². The fourth-order valence-corrected chi connectivity index (χ4v) is 8.68. The van der Waals surface area contributed by atoms with Crippen molar-refractivity contribution in [3.8, 4) is 11.1 Å². The maximum Gasteiger partial charge on any atom is 0.303 e. The molecular weight excluding hydrogens is 616 g/mol. The van der Waals surface area contributed by atoms with Crippen molar-refractivity contribution < 1.29 is 28.9 Å². The highest BCUT2D eigenvalue weighted by molar-refractivity contribution is 5.82. The van der Waals surface area contributed by atoms with Gasteiger partial charge in [-0.2, -0.15) is 0 Å². The molecule has 8 nitrogen and oxygen atoms in total. The van der Waals surface area contributed by atoms with E-state index in [9.17, 15) is 14.7 Å². The largest absolute Gasteiger partial charge is 0.453 e. The number of likely N-dealkylation sites (tertiary alicyclic amines) is 1. The maximum absolute atomic E-state index is 12.3. The number of aliphatic hydroxyl groups is 1. The Kier molecular flexibility index (Phi) is 10.3. The molecule has 0 aromatic heterocycles. The highest BCUT2D eigenvalue weighted by atomic mass is 16.7. The molecule has 1 amide bonds. The van der Waals surface area contributed by atoms with E-state index in [0.29, 0.717) is 23.4 Å². The molecule has 6 rings (SSSR count). The van der Waals surface area contributed by atoms with Gasteiger partial charge in [-0.05, 0) is 70.9 Å². The van der Waals surface area contributed by atoms with Crippen LogP contribution in [0.15, 0.2) is 72.8 Å². The summed E-state index contributed by atoms with van der Waals surface area (Å²) in [7, 11) is 0. The number of carbonyl (C=O) groups excluding carboxylic acids is 2. The first kappa shape index (κ1) is 35.3. The Bertz CT molecular complexity index is 1620. The van der Waals surface area contributed by atoms with Crippen LogP contribution in [0.4, 0.5) is 0 Å². The Morgan fingerprint density at radius 2 is 1.67 bits per heavy atom. The van der Waals surface area contributed by atoms with E-state index in [2.05, 4.69) is 80.4 Å². The van der Waals surface area contributed by atoms with Gasteiger partial charge in [0.05, 0.1) is 18.8 Å². The molecule has 0 spiro atoms. The minimum absolute atomic E-state index is 0.0116. The molecule has 2 unspecified atom stereocenters. The Labute approximate surface area is 291 Å². The predicted molar refractivity (Wildman–Crippen MR) is 189 cm³/mol. The number of fused-ring (bicyclic) bond motifs is 2. The number of aliphatic hydroxyl groups excluding tert-OH is 1. The first-order chi connectivity index (χ1) is 23.3. The van der Waals surface area contributed by atoms with E-state index in [1.807, 2.05) is 30.3 Å². The molecule has 2 saturated heterocycles. The zero-order valence-electron chi connectivity index (χ0n) is 29.8. The lowest BCUT2D eigenvalue weighted by atomic mass is 9.65. The van der Waals surface area contributed by atoms with Crippen molar-refractivity contribution in [1.29, 1.82) is 0 Å². The molecule has 3 fully saturated rings. The molecule has 0 radical (unpaired) electrons. The number of hydrogen-bond acceptors (Lipinski definition) is 7.